The number of hydrogen-bond acceptors (Lipinski definition) is 3. The maximum Gasteiger partial charge on any atom is 0.194 e. The highest BCUT2D eigenvalue weighted by Crippen LogP contribution is 2.41. The van der Waals surface area contributed by atoms with Crippen LogP contribution in [0.15, 0.2) is 29.3 Å². The molecule has 1 aromatic carbocycles. The predicted octanol–water partition coefficient (Wildman–Crippen LogP) is 3.29. The number of aliphatic imine (C=N–C) groups is 1. The molecule has 0 amide bonds. The van der Waals surface area contributed by atoms with Gasteiger partial charge in [-0.3, -0.25) is 9.89 Å². The molecule has 0 spiro atoms. The molecule has 2 aliphatic heterocycles. The Labute approximate surface area is 176 Å². The molecule has 0 aromatic heterocycles. The topological polar surface area (TPSA) is 40.1 Å². The molecular weight excluding hydrogens is 360 g/mol. The summed E-state index contributed by atoms with van der Waals surface area (Å²) in [5.41, 5.74) is 2.89. The number of nitrogens with zero attached hydrogens (tertiary/aromatic N) is 3. The van der Waals surface area contributed by atoms with Gasteiger partial charge in [-0.1, -0.05) is 38.1 Å². The highest BCUT2D eigenvalue weighted by molar-refractivity contribution is 5.81. The van der Waals surface area contributed by atoms with Crippen LogP contribution in [0.2, 0.25) is 0 Å². The third-order valence-electron chi connectivity index (χ3n) is 6.65. The summed E-state index contributed by atoms with van der Waals surface area (Å²) < 4.78 is 5.49. The molecule has 1 N–H and O–H groups in total. The lowest BCUT2D eigenvalue weighted by atomic mass is 10.0. The van der Waals surface area contributed by atoms with Crippen molar-refractivity contribution in [3.05, 3.63) is 35.4 Å². The van der Waals surface area contributed by atoms with Crippen LogP contribution in [0, 0.1) is 5.92 Å². The van der Waals surface area contributed by atoms with Crippen molar-refractivity contribution in [1.29, 1.82) is 0 Å². The standard InChI is InChI=1S/C24H38N4O/c1-4-25-24(28-10-9-19(17-28)16-27-11-13-29-14-12-27)26-23-15-22(23)21-7-5-20(6-8-21)18(2)3/h5-8,18-19,22-23H,4,9-17H2,1-3H3,(H,25,26). The number of hydrogen-bond donors (Lipinski definition) is 1. The molecule has 1 aromatic rings. The fourth-order valence-electron chi connectivity index (χ4n) is 4.73. The first-order chi connectivity index (χ1) is 14.1. The largest absolute Gasteiger partial charge is 0.379 e. The van der Waals surface area contributed by atoms with Crippen LogP contribution < -0.4 is 5.32 Å². The summed E-state index contributed by atoms with van der Waals surface area (Å²) in [4.78, 5) is 9.89. The number of morpholine rings is 1. The number of ether oxygens (including phenoxy) is 1. The molecule has 2 heterocycles. The van der Waals surface area contributed by atoms with Gasteiger partial charge in [-0.15, -0.1) is 0 Å². The summed E-state index contributed by atoms with van der Waals surface area (Å²) in [7, 11) is 0. The van der Waals surface area contributed by atoms with Gasteiger partial charge < -0.3 is 15.0 Å². The fraction of sp³-hybridized carbons (Fsp3) is 0.708. The van der Waals surface area contributed by atoms with Gasteiger partial charge in [0.25, 0.3) is 0 Å². The monoisotopic (exact) mass is 398 g/mol. The van der Waals surface area contributed by atoms with Gasteiger partial charge >= 0.3 is 0 Å². The second kappa shape index (κ2) is 9.48. The van der Waals surface area contributed by atoms with E-state index in [0.717, 1.165) is 57.8 Å². The highest BCUT2D eigenvalue weighted by Gasteiger charge is 2.40. The van der Waals surface area contributed by atoms with E-state index < -0.39 is 0 Å². The van der Waals surface area contributed by atoms with E-state index in [-0.39, 0.29) is 0 Å². The van der Waals surface area contributed by atoms with Crippen LogP contribution in [0.25, 0.3) is 0 Å². The van der Waals surface area contributed by atoms with E-state index in [2.05, 4.69) is 60.2 Å². The molecular formula is C24H38N4O. The first-order valence-electron chi connectivity index (χ1n) is 11.6. The van der Waals surface area contributed by atoms with Gasteiger partial charge in [0.1, 0.15) is 0 Å². The number of benzene rings is 1. The Kier molecular flexibility index (Phi) is 6.76. The van der Waals surface area contributed by atoms with Crippen LogP contribution in [0.3, 0.4) is 0 Å². The van der Waals surface area contributed by atoms with Gasteiger partial charge in [-0.25, -0.2) is 0 Å². The SMILES string of the molecule is CCN=C(NC1CC1c1ccc(C(C)C)cc1)N1CCC(CN2CCOCC2)C1. The van der Waals surface area contributed by atoms with E-state index in [4.69, 9.17) is 9.73 Å². The van der Waals surface area contributed by atoms with Crippen LogP contribution in [0.1, 0.15) is 56.6 Å². The minimum absolute atomic E-state index is 0.531. The summed E-state index contributed by atoms with van der Waals surface area (Å²) in [6.45, 7) is 14.9. The number of rotatable bonds is 6. The van der Waals surface area contributed by atoms with Crippen LogP contribution >= 0.6 is 0 Å². The quantitative estimate of drug-likeness (QED) is 0.590. The van der Waals surface area contributed by atoms with Crippen molar-refractivity contribution in [3.63, 3.8) is 0 Å². The Morgan fingerprint density at radius 2 is 1.93 bits per heavy atom. The van der Waals surface area contributed by atoms with Gasteiger partial charge in [0.2, 0.25) is 0 Å². The van der Waals surface area contributed by atoms with Crippen LogP contribution in [-0.2, 0) is 4.74 Å². The van der Waals surface area contributed by atoms with E-state index in [1.807, 2.05) is 0 Å². The van der Waals surface area contributed by atoms with Crippen molar-refractivity contribution in [2.75, 3.05) is 52.5 Å². The molecule has 5 nitrogen and oxygen atoms in total. The lowest BCUT2D eigenvalue weighted by Crippen LogP contribution is -2.43. The molecule has 29 heavy (non-hydrogen) atoms. The summed E-state index contributed by atoms with van der Waals surface area (Å²) in [5.74, 6) is 3.10. The minimum Gasteiger partial charge on any atom is -0.379 e. The van der Waals surface area contributed by atoms with Crippen molar-refractivity contribution in [3.8, 4) is 0 Å². The van der Waals surface area contributed by atoms with Crippen LogP contribution in [0.5, 0.6) is 0 Å². The Balaban J connectivity index is 1.29. The van der Waals surface area contributed by atoms with Gasteiger partial charge in [-0.2, -0.15) is 0 Å². The zero-order valence-corrected chi connectivity index (χ0v) is 18.4. The average molecular weight is 399 g/mol. The van der Waals surface area contributed by atoms with Crippen molar-refractivity contribution >= 4 is 5.96 Å². The summed E-state index contributed by atoms with van der Waals surface area (Å²) in [5, 5.41) is 3.79. The predicted molar refractivity (Wildman–Crippen MR) is 120 cm³/mol. The molecule has 3 unspecified atom stereocenters. The molecule has 5 heteroatoms. The normalized spacial score (nSPS) is 28.2. The zero-order valence-electron chi connectivity index (χ0n) is 18.4. The minimum atomic E-state index is 0.531. The second-order valence-electron chi connectivity index (χ2n) is 9.23. The summed E-state index contributed by atoms with van der Waals surface area (Å²) >= 11 is 0. The maximum atomic E-state index is 5.49. The summed E-state index contributed by atoms with van der Waals surface area (Å²) in [6.07, 6.45) is 2.49. The molecule has 3 atom stereocenters. The first kappa shape index (κ1) is 20.7. The lowest BCUT2D eigenvalue weighted by Gasteiger charge is -2.29. The molecule has 2 saturated heterocycles. The lowest BCUT2D eigenvalue weighted by molar-refractivity contribution is 0.0315. The Morgan fingerprint density at radius 1 is 1.17 bits per heavy atom. The van der Waals surface area contributed by atoms with Gasteiger partial charge in [0, 0.05) is 51.2 Å². The van der Waals surface area contributed by atoms with Crippen molar-refractivity contribution in [1.82, 2.24) is 15.1 Å². The molecule has 4 rings (SSSR count). The van der Waals surface area contributed by atoms with Crippen LogP contribution in [-0.4, -0.2) is 74.3 Å². The van der Waals surface area contributed by atoms with Crippen LogP contribution in [0.4, 0.5) is 0 Å². The van der Waals surface area contributed by atoms with E-state index in [1.165, 1.54) is 30.5 Å². The van der Waals surface area contributed by atoms with Gasteiger partial charge in [0.15, 0.2) is 5.96 Å². The van der Waals surface area contributed by atoms with Gasteiger partial charge in [0.05, 0.1) is 13.2 Å². The van der Waals surface area contributed by atoms with E-state index in [0.29, 0.717) is 17.9 Å². The number of likely N-dealkylation sites (tertiary alicyclic amines) is 1. The Bertz CT molecular complexity index is 681. The molecule has 160 valence electrons. The van der Waals surface area contributed by atoms with Gasteiger partial charge in [-0.05, 0) is 42.7 Å². The molecule has 0 radical (unpaired) electrons. The summed E-state index contributed by atoms with van der Waals surface area (Å²) in [6, 6.07) is 9.78. The second-order valence-corrected chi connectivity index (χ2v) is 9.23. The molecule has 3 aliphatic rings. The fourth-order valence-corrected chi connectivity index (χ4v) is 4.73. The molecule has 3 fully saturated rings. The molecule has 0 bridgehead atoms. The smallest absolute Gasteiger partial charge is 0.194 e. The Hall–Kier alpha value is -1.59. The number of nitrogens with one attached hydrogen (secondary N) is 1. The molecule has 1 saturated carbocycles. The first-order valence-corrected chi connectivity index (χ1v) is 11.6. The van der Waals surface area contributed by atoms with Crippen molar-refractivity contribution in [2.24, 2.45) is 10.9 Å². The average Bonchev–Trinajstić information content (AvgIpc) is 3.35. The number of guanidine groups is 1. The third kappa shape index (κ3) is 5.32. The van der Waals surface area contributed by atoms with E-state index >= 15 is 0 Å². The third-order valence-corrected chi connectivity index (χ3v) is 6.65. The van der Waals surface area contributed by atoms with E-state index in [9.17, 15) is 0 Å². The van der Waals surface area contributed by atoms with Crippen molar-refractivity contribution < 1.29 is 4.74 Å². The molecule has 1 aliphatic carbocycles. The van der Waals surface area contributed by atoms with Crippen molar-refractivity contribution in [2.45, 2.75) is 51.5 Å². The Morgan fingerprint density at radius 3 is 2.62 bits per heavy atom. The maximum absolute atomic E-state index is 5.49. The van der Waals surface area contributed by atoms with E-state index in [1.54, 1.807) is 0 Å². The zero-order chi connectivity index (χ0) is 20.2. The highest BCUT2D eigenvalue weighted by atomic mass is 16.5.